The van der Waals surface area contributed by atoms with Gasteiger partial charge in [-0.15, -0.1) is 0 Å². The monoisotopic (exact) mass is 558 g/mol. The molecule has 11 nitrogen and oxygen atoms in total. The van der Waals surface area contributed by atoms with Crippen molar-refractivity contribution in [3.63, 3.8) is 0 Å². The zero-order chi connectivity index (χ0) is 29.2. The highest BCUT2D eigenvalue weighted by molar-refractivity contribution is 6.02. The average Bonchev–Trinajstić information content (AvgIpc) is 3.48. The third kappa shape index (κ3) is 7.00. The molecule has 3 aromatic rings. The Balaban J connectivity index is 0.000000139. The summed E-state index contributed by atoms with van der Waals surface area (Å²) >= 11 is 0. The molecule has 0 aromatic carbocycles. The van der Waals surface area contributed by atoms with E-state index in [2.05, 4.69) is 15.3 Å². The molecule has 1 atom stereocenters. The van der Waals surface area contributed by atoms with Gasteiger partial charge in [-0.2, -0.15) is 15.3 Å². The summed E-state index contributed by atoms with van der Waals surface area (Å²) in [6.45, 7) is 0. The van der Waals surface area contributed by atoms with Crippen LogP contribution in [0.15, 0.2) is 18.6 Å². The predicted molar refractivity (Wildman–Crippen MR) is 137 cm³/mol. The van der Waals surface area contributed by atoms with Crippen LogP contribution in [0, 0.1) is 0 Å². The second kappa shape index (κ2) is 11.7. The van der Waals surface area contributed by atoms with Crippen molar-refractivity contribution in [3.8, 4) is 0 Å². The van der Waals surface area contributed by atoms with Crippen molar-refractivity contribution in [2.45, 2.75) is 69.8 Å². The predicted octanol–water partition coefficient (Wildman–Crippen LogP) is 2.38. The smallest absolute Gasteiger partial charge is 0.254 e. The summed E-state index contributed by atoms with van der Waals surface area (Å²) in [6, 6.07) is 0. The number of hydrogen-bond acceptors (Lipinski definition) is 8. The van der Waals surface area contributed by atoms with Crippen molar-refractivity contribution in [2.75, 3.05) is 0 Å². The number of rotatable bonds is 0. The van der Waals surface area contributed by atoms with Crippen LogP contribution in [0.25, 0.3) is 0 Å². The molecule has 13 heteroatoms. The number of Topliss-reactive ketones (excluding diaryl/α,β-unsaturated/α-hetero) is 4. The molecule has 3 aromatic heterocycles. The highest BCUT2D eigenvalue weighted by Crippen LogP contribution is 2.31. The van der Waals surface area contributed by atoms with Gasteiger partial charge < -0.3 is 5.11 Å². The number of halogens is 2. The Kier molecular flexibility index (Phi) is 8.52. The van der Waals surface area contributed by atoms with Crippen molar-refractivity contribution in [1.29, 1.82) is 0 Å². The third-order valence-electron chi connectivity index (χ3n) is 6.89. The van der Waals surface area contributed by atoms with Gasteiger partial charge in [0.05, 0.1) is 52.7 Å². The number of nitrogens with zero attached hydrogens (tertiary/aromatic N) is 6. The van der Waals surface area contributed by atoms with Gasteiger partial charge in [0.15, 0.2) is 17.3 Å². The fourth-order valence-corrected chi connectivity index (χ4v) is 4.90. The maximum atomic E-state index is 13.1. The van der Waals surface area contributed by atoms with Gasteiger partial charge in [0, 0.05) is 78.3 Å². The molecule has 0 bridgehead atoms. The van der Waals surface area contributed by atoms with Crippen LogP contribution in [0.3, 0.4) is 0 Å². The van der Waals surface area contributed by atoms with Crippen molar-refractivity contribution in [1.82, 2.24) is 29.3 Å². The molecule has 0 saturated heterocycles. The normalized spacial score (nSPS) is 20.0. The number of ketones is 4. The van der Waals surface area contributed by atoms with E-state index in [0.717, 1.165) is 5.69 Å². The van der Waals surface area contributed by atoms with Gasteiger partial charge in [-0.3, -0.25) is 33.2 Å². The first-order valence-corrected chi connectivity index (χ1v) is 13.1. The Bertz CT molecular complexity index is 1450. The van der Waals surface area contributed by atoms with Gasteiger partial charge in [-0.25, -0.2) is 8.78 Å². The minimum Gasteiger partial charge on any atom is -0.393 e. The van der Waals surface area contributed by atoms with Crippen LogP contribution in [-0.4, -0.2) is 69.6 Å². The zero-order valence-electron chi connectivity index (χ0n) is 22.7. The van der Waals surface area contributed by atoms with Gasteiger partial charge in [0.25, 0.3) is 5.92 Å². The van der Waals surface area contributed by atoms with Gasteiger partial charge >= 0.3 is 0 Å². The van der Waals surface area contributed by atoms with E-state index >= 15 is 0 Å². The Labute approximate surface area is 229 Å². The van der Waals surface area contributed by atoms with Crippen LogP contribution in [0.1, 0.15) is 86.7 Å². The topological polar surface area (TPSA) is 142 Å². The zero-order valence-corrected chi connectivity index (χ0v) is 22.7. The molecule has 0 fully saturated rings. The van der Waals surface area contributed by atoms with E-state index in [9.17, 15) is 33.1 Å². The van der Waals surface area contributed by atoms with E-state index in [1.165, 1.54) is 10.9 Å². The van der Waals surface area contributed by atoms with Crippen molar-refractivity contribution in [3.05, 3.63) is 52.4 Å². The Morgan fingerprint density at radius 3 is 1.90 bits per heavy atom. The second-order valence-corrected chi connectivity index (χ2v) is 10.4. The number of aryl methyl sites for hydroxylation is 3. The number of hydrogen-bond donors (Lipinski definition) is 1. The molecule has 6 rings (SSSR count). The Morgan fingerprint density at radius 2 is 1.25 bits per heavy atom. The molecule has 0 saturated carbocycles. The number of aromatic nitrogens is 6. The first kappa shape index (κ1) is 29.1. The van der Waals surface area contributed by atoms with E-state index in [4.69, 9.17) is 0 Å². The number of aliphatic hydroxyl groups is 1. The quantitative estimate of drug-likeness (QED) is 0.415. The summed E-state index contributed by atoms with van der Waals surface area (Å²) in [6.07, 6.45) is 6.12. The molecule has 214 valence electrons. The number of carbonyl (C=O) groups excluding carboxylic acids is 4. The third-order valence-corrected chi connectivity index (χ3v) is 6.89. The first-order valence-electron chi connectivity index (χ1n) is 13.1. The lowest BCUT2D eigenvalue weighted by Gasteiger charge is -2.10. The molecule has 3 aliphatic carbocycles. The van der Waals surface area contributed by atoms with Crippen LogP contribution in [0.5, 0.6) is 0 Å². The molecule has 3 heterocycles. The van der Waals surface area contributed by atoms with E-state index in [1.807, 2.05) is 0 Å². The SMILES string of the molecule is Cn1cc2c(n1)CC(=O)CCC2=O.Cn1cc2c(n1)CC(F)(F)CCC2=O.Cn1cc2c(n1)CC(O)CCC2=O. The average molecular weight is 559 g/mol. The molecule has 1 N–H and O–H groups in total. The van der Waals surface area contributed by atoms with Gasteiger partial charge in [0.1, 0.15) is 5.78 Å². The van der Waals surface area contributed by atoms with Crippen molar-refractivity contribution < 1.29 is 33.1 Å². The lowest BCUT2D eigenvalue weighted by molar-refractivity contribution is -0.118. The summed E-state index contributed by atoms with van der Waals surface area (Å²) in [7, 11) is 5.17. The largest absolute Gasteiger partial charge is 0.393 e. The maximum Gasteiger partial charge on any atom is 0.254 e. The fourth-order valence-electron chi connectivity index (χ4n) is 4.90. The van der Waals surface area contributed by atoms with E-state index in [1.54, 1.807) is 42.9 Å². The number of carbonyl (C=O) groups is 4. The van der Waals surface area contributed by atoms with E-state index in [0.29, 0.717) is 60.9 Å². The van der Waals surface area contributed by atoms with Crippen LogP contribution in [0.2, 0.25) is 0 Å². The molecule has 1 unspecified atom stereocenters. The van der Waals surface area contributed by atoms with E-state index in [-0.39, 0.29) is 41.7 Å². The lowest BCUT2D eigenvalue weighted by atomic mass is 10.1. The minimum absolute atomic E-state index is 0.0361. The standard InChI is InChI=1S/C9H10F2N2O.C9H12N2O2.C9H10N2O2/c1-13-5-6-7(12-13)4-9(10,11)3-2-8(6)14;2*1-11-5-7-8(10-11)4-6(12)2-3-9(7)13/h5H,2-4H2,1H3;5-6,12H,2-4H2,1H3;5H,2-4H2,1H3. The first-order chi connectivity index (χ1) is 18.8. The molecule has 40 heavy (non-hydrogen) atoms. The molecule has 3 aliphatic rings. The van der Waals surface area contributed by atoms with Gasteiger partial charge in [-0.05, 0) is 6.42 Å². The maximum absolute atomic E-state index is 13.1. The van der Waals surface area contributed by atoms with Gasteiger partial charge in [0.2, 0.25) is 0 Å². The number of alkyl halides is 2. The minimum atomic E-state index is -2.80. The Morgan fingerprint density at radius 1 is 0.750 bits per heavy atom. The summed E-state index contributed by atoms with van der Waals surface area (Å²) in [5.74, 6) is -2.79. The van der Waals surface area contributed by atoms with Gasteiger partial charge in [-0.1, -0.05) is 0 Å². The summed E-state index contributed by atoms with van der Waals surface area (Å²) in [5, 5.41) is 21.6. The van der Waals surface area contributed by atoms with Crippen LogP contribution < -0.4 is 0 Å². The number of fused-ring (bicyclic) bond motifs is 3. The summed E-state index contributed by atoms with van der Waals surface area (Å²) < 4.78 is 30.9. The molecular weight excluding hydrogens is 526 g/mol. The summed E-state index contributed by atoms with van der Waals surface area (Å²) in [4.78, 5) is 45.6. The molecule has 0 spiro atoms. The molecule has 0 aliphatic heterocycles. The number of aliphatic hydroxyl groups excluding tert-OH is 1. The van der Waals surface area contributed by atoms with E-state index < -0.39 is 18.4 Å². The fraction of sp³-hybridized carbons (Fsp3) is 0.519. The summed E-state index contributed by atoms with van der Waals surface area (Å²) in [5.41, 5.74) is 3.24. The van der Waals surface area contributed by atoms with Crippen LogP contribution >= 0.6 is 0 Å². The second-order valence-electron chi connectivity index (χ2n) is 10.4. The molecule has 0 radical (unpaired) electrons. The van der Waals surface area contributed by atoms with Crippen LogP contribution in [0.4, 0.5) is 8.78 Å². The molecule has 0 amide bonds. The highest BCUT2D eigenvalue weighted by atomic mass is 19.3. The van der Waals surface area contributed by atoms with Crippen LogP contribution in [-0.2, 0) is 45.2 Å². The lowest BCUT2D eigenvalue weighted by Crippen LogP contribution is -2.18. The van der Waals surface area contributed by atoms with Crippen molar-refractivity contribution in [2.24, 2.45) is 21.1 Å². The Hall–Kier alpha value is -3.87. The highest BCUT2D eigenvalue weighted by Gasteiger charge is 2.36. The van der Waals surface area contributed by atoms with Crippen molar-refractivity contribution >= 4 is 23.1 Å². The molecular formula is C27H32F2N6O5.